The van der Waals surface area contributed by atoms with Crippen LogP contribution in [0.25, 0.3) is 0 Å². The van der Waals surface area contributed by atoms with E-state index in [1.54, 1.807) is 12.1 Å². The van der Waals surface area contributed by atoms with Crippen molar-refractivity contribution in [2.45, 2.75) is 57.5 Å². The Morgan fingerprint density at radius 3 is 2.36 bits per heavy atom. The van der Waals surface area contributed by atoms with Gasteiger partial charge in [0.15, 0.2) is 0 Å². The maximum Gasteiger partial charge on any atom is 0.312 e. The zero-order chi connectivity index (χ0) is 19.9. The molecule has 1 saturated heterocycles. The lowest BCUT2D eigenvalue weighted by Crippen LogP contribution is -2.54. The van der Waals surface area contributed by atoms with Gasteiger partial charge < -0.3 is 15.1 Å². The van der Waals surface area contributed by atoms with Crippen molar-refractivity contribution in [1.82, 2.24) is 15.1 Å². The van der Waals surface area contributed by atoms with Crippen LogP contribution in [0.15, 0.2) is 24.3 Å². The van der Waals surface area contributed by atoms with Crippen LogP contribution in [0, 0.1) is 5.82 Å². The van der Waals surface area contributed by atoms with Crippen LogP contribution in [-0.4, -0.2) is 53.2 Å². The number of nitrogens with one attached hydrogen (secondary N) is 1. The van der Waals surface area contributed by atoms with E-state index >= 15 is 0 Å². The third-order valence-corrected chi connectivity index (χ3v) is 5.49. The van der Waals surface area contributed by atoms with E-state index in [-0.39, 0.29) is 11.7 Å². The molecule has 0 atom stereocenters. The monoisotopic (exact) mass is 389 g/mol. The summed E-state index contributed by atoms with van der Waals surface area (Å²) in [7, 11) is 0. The minimum atomic E-state index is -0.540. The molecule has 2 fully saturated rings. The summed E-state index contributed by atoms with van der Waals surface area (Å²) in [6.45, 7) is 1.60. The average molecular weight is 389 g/mol. The number of amides is 3. The van der Waals surface area contributed by atoms with E-state index in [4.69, 9.17) is 0 Å². The minimum absolute atomic E-state index is 0.0284. The molecule has 0 unspecified atom stereocenters. The van der Waals surface area contributed by atoms with Crippen molar-refractivity contribution >= 4 is 17.7 Å². The van der Waals surface area contributed by atoms with E-state index in [0.29, 0.717) is 45.1 Å². The van der Waals surface area contributed by atoms with Gasteiger partial charge in [-0.25, -0.2) is 4.39 Å². The lowest BCUT2D eigenvalue weighted by molar-refractivity contribution is -0.156. The SMILES string of the molecule is O=C(CCCN1CCN(Cc2ccc(F)cc2)C(=O)C1=O)NC1CCCCC1. The molecule has 1 aliphatic carbocycles. The second-order valence-electron chi connectivity index (χ2n) is 7.65. The zero-order valence-electron chi connectivity index (χ0n) is 16.2. The first-order valence-electron chi connectivity index (χ1n) is 10.1. The van der Waals surface area contributed by atoms with Crippen LogP contribution in [0.4, 0.5) is 4.39 Å². The fraction of sp³-hybridized carbons (Fsp3) is 0.571. The number of hydrogen-bond acceptors (Lipinski definition) is 3. The summed E-state index contributed by atoms with van der Waals surface area (Å²) in [5, 5.41) is 3.07. The van der Waals surface area contributed by atoms with Gasteiger partial charge in [0, 0.05) is 38.6 Å². The van der Waals surface area contributed by atoms with Gasteiger partial charge in [0.05, 0.1) is 0 Å². The second-order valence-corrected chi connectivity index (χ2v) is 7.65. The highest BCUT2D eigenvalue weighted by molar-refractivity contribution is 6.35. The Morgan fingerprint density at radius 2 is 1.64 bits per heavy atom. The van der Waals surface area contributed by atoms with Gasteiger partial charge in [-0.05, 0) is 37.0 Å². The van der Waals surface area contributed by atoms with Crippen LogP contribution >= 0.6 is 0 Å². The molecule has 2 aliphatic rings. The van der Waals surface area contributed by atoms with Gasteiger partial charge in [-0.2, -0.15) is 0 Å². The Balaban J connectivity index is 1.40. The van der Waals surface area contributed by atoms with E-state index in [1.807, 2.05) is 0 Å². The van der Waals surface area contributed by atoms with Crippen LogP contribution in [-0.2, 0) is 20.9 Å². The molecule has 152 valence electrons. The lowest BCUT2D eigenvalue weighted by atomic mass is 9.95. The Bertz CT molecular complexity index is 701. The van der Waals surface area contributed by atoms with Crippen LogP contribution in [0.2, 0.25) is 0 Å². The molecule has 1 aromatic carbocycles. The number of carbonyl (C=O) groups is 3. The van der Waals surface area contributed by atoms with Crippen molar-refractivity contribution in [2.75, 3.05) is 19.6 Å². The topological polar surface area (TPSA) is 69.7 Å². The molecule has 1 aliphatic heterocycles. The molecule has 0 spiro atoms. The van der Waals surface area contributed by atoms with Crippen molar-refractivity contribution in [3.05, 3.63) is 35.6 Å². The molecule has 1 aromatic rings. The van der Waals surface area contributed by atoms with Crippen molar-refractivity contribution in [3.8, 4) is 0 Å². The summed E-state index contributed by atoms with van der Waals surface area (Å²) in [5.74, 6) is -1.37. The van der Waals surface area contributed by atoms with E-state index in [2.05, 4.69) is 5.32 Å². The number of carbonyl (C=O) groups excluding carboxylic acids is 3. The molecule has 6 nitrogen and oxygen atoms in total. The Hall–Kier alpha value is -2.44. The van der Waals surface area contributed by atoms with Crippen LogP contribution in [0.1, 0.15) is 50.5 Å². The molecular formula is C21H28FN3O3. The van der Waals surface area contributed by atoms with E-state index in [1.165, 1.54) is 41.2 Å². The molecule has 3 rings (SSSR count). The molecule has 28 heavy (non-hydrogen) atoms. The van der Waals surface area contributed by atoms with Crippen molar-refractivity contribution < 1.29 is 18.8 Å². The summed E-state index contributed by atoms with van der Waals surface area (Å²) in [6, 6.07) is 6.21. The third kappa shape index (κ3) is 5.53. The maximum atomic E-state index is 13.0. The predicted molar refractivity (Wildman–Crippen MR) is 103 cm³/mol. The molecule has 1 saturated carbocycles. The number of piperazine rings is 1. The molecule has 1 N–H and O–H groups in total. The predicted octanol–water partition coefficient (Wildman–Crippen LogP) is 2.23. The summed E-state index contributed by atoms with van der Waals surface area (Å²) < 4.78 is 13.0. The van der Waals surface area contributed by atoms with Crippen LogP contribution < -0.4 is 5.32 Å². The highest BCUT2D eigenvalue weighted by Crippen LogP contribution is 2.17. The van der Waals surface area contributed by atoms with Gasteiger partial charge in [0.25, 0.3) is 0 Å². The van der Waals surface area contributed by atoms with Crippen molar-refractivity contribution in [1.29, 1.82) is 0 Å². The summed E-state index contributed by atoms with van der Waals surface area (Å²) in [6.07, 6.45) is 6.61. The third-order valence-electron chi connectivity index (χ3n) is 5.49. The molecule has 0 radical (unpaired) electrons. The lowest BCUT2D eigenvalue weighted by Gasteiger charge is -2.33. The van der Waals surface area contributed by atoms with Gasteiger partial charge in [0.1, 0.15) is 5.82 Å². The molecule has 1 heterocycles. The average Bonchev–Trinajstić information content (AvgIpc) is 2.69. The molecular weight excluding hydrogens is 361 g/mol. The van der Waals surface area contributed by atoms with E-state index in [9.17, 15) is 18.8 Å². The molecule has 3 amide bonds. The molecule has 0 aromatic heterocycles. The number of hydrogen-bond donors (Lipinski definition) is 1. The largest absolute Gasteiger partial charge is 0.353 e. The maximum absolute atomic E-state index is 13.0. The van der Waals surface area contributed by atoms with Gasteiger partial charge in [-0.1, -0.05) is 31.4 Å². The first-order valence-corrected chi connectivity index (χ1v) is 10.1. The van der Waals surface area contributed by atoms with E-state index in [0.717, 1.165) is 18.4 Å². The molecule has 7 heteroatoms. The first-order chi connectivity index (χ1) is 13.5. The Morgan fingerprint density at radius 1 is 1.00 bits per heavy atom. The van der Waals surface area contributed by atoms with Crippen LogP contribution in [0.3, 0.4) is 0 Å². The number of halogens is 1. The second kappa shape index (κ2) is 9.66. The normalized spacial score (nSPS) is 18.5. The first kappa shape index (κ1) is 20.3. The standard InChI is InChI=1S/C21H28FN3O3/c22-17-10-8-16(9-11-17)15-25-14-13-24(20(27)21(25)28)12-4-7-19(26)23-18-5-2-1-3-6-18/h8-11,18H,1-7,12-15H2,(H,23,26). The summed E-state index contributed by atoms with van der Waals surface area (Å²) in [5.41, 5.74) is 0.787. The number of nitrogens with zero attached hydrogens (tertiary/aromatic N) is 2. The Labute approximate surface area is 165 Å². The van der Waals surface area contributed by atoms with Gasteiger partial charge in [0.2, 0.25) is 5.91 Å². The summed E-state index contributed by atoms with van der Waals surface area (Å²) >= 11 is 0. The van der Waals surface area contributed by atoms with Crippen molar-refractivity contribution in [2.24, 2.45) is 0 Å². The molecule has 0 bridgehead atoms. The Kier molecular flexibility index (Phi) is 7.01. The number of benzene rings is 1. The van der Waals surface area contributed by atoms with E-state index < -0.39 is 11.8 Å². The van der Waals surface area contributed by atoms with Gasteiger partial charge >= 0.3 is 11.8 Å². The van der Waals surface area contributed by atoms with Gasteiger partial charge in [-0.3, -0.25) is 14.4 Å². The zero-order valence-corrected chi connectivity index (χ0v) is 16.2. The fourth-order valence-corrected chi connectivity index (χ4v) is 3.87. The fourth-order valence-electron chi connectivity index (χ4n) is 3.87. The quantitative estimate of drug-likeness (QED) is 0.727. The minimum Gasteiger partial charge on any atom is -0.353 e. The van der Waals surface area contributed by atoms with Crippen LogP contribution in [0.5, 0.6) is 0 Å². The van der Waals surface area contributed by atoms with Gasteiger partial charge in [-0.15, -0.1) is 0 Å². The number of rotatable bonds is 7. The highest BCUT2D eigenvalue weighted by Gasteiger charge is 2.32. The van der Waals surface area contributed by atoms with Crippen molar-refractivity contribution in [3.63, 3.8) is 0 Å². The highest BCUT2D eigenvalue weighted by atomic mass is 19.1. The smallest absolute Gasteiger partial charge is 0.312 e. The summed E-state index contributed by atoms with van der Waals surface area (Å²) in [4.78, 5) is 39.8.